The van der Waals surface area contributed by atoms with E-state index in [0.29, 0.717) is 22.2 Å². The largest absolute Gasteiger partial charge is 0.465 e. The Morgan fingerprint density at radius 1 is 1.12 bits per heavy atom. The Hall–Kier alpha value is -3.49. The number of ether oxygens (including phenoxy) is 1. The van der Waals surface area contributed by atoms with Gasteiger partial charge in [-0.25, -0.2) is 4.79 Å². The van der Waals surface area contributed by atoms with Crippen LogP contribution in [-0.2, 0) is 17.7 Å². The van der Waals surface area contributed by atoms with Crippen LogP contribution in [0.25, 0.3) is 0 Å². The van der Waals surface area contributed by atoms with Crippen LogP contribution in [-0.4, -0.2) is 28.0 Å². The number of carbonyl (C=O) groups is 1. The molecule has 6 nitrogen and oxygen atoms in total. The van der Waals surface area contributed by atoms with E-state index >= 15 is 0 Å². The molecule has 2 heterocycles. The minimum atomic E-state index is -0.401. The number of nitrogens with one attached hydrogen (secondary N) is 2. The van der Waals surface area contributed by atoms with E-state index in [-0.39, 0.29) is 0 Å². The molecule has 0 radical (unpaired) electrons. The number of hydrogen-bond donors (Lipinski definition) is 2. The molecule has 8 heteroatoms. The molecule has 2 N–H and O–H groups in total. The third-order valence-electron chi connectivity index (χ3n) is 5.12. The van der Waals surface area contributed by atoms with E-state index in [0.717, 1.165) is 17.0 Å². The normalized spacial score (nSPS) is 10.6. The molecule has 0 unspecified atom stereocenters. The number of nitrogens with zero attached hydrogens (tertiary/aromatic N) is 2. The summed E-state index contributed by atoms with van der Waals surface area (Å²) in [7, 11) is 1.38. The summed E-state index contributed by atoms with van der Waals surface area (Å²) in [4.78, 5) is 13.4. The van der Waals surface area contributed by atoms with E-state index in [1.54, 1.807) is 6.20 Å². The van der Waals surface area contributed by atoms with Gasteiger partial charge in [-0.2, -0.15) is 5.10 Å². The number of esters is 1. The predicted molar refractivity (Wildman–Crippen MR) is 137 cm³/mol. The third-order valence-corrected chi connectivity index (χ3v) is 6.38. The lowest BCUT2D eigenvalue weighted by Gasteiger charge is -2.09. The van der Waals surface area contributed by atoms with Crippen molar-refractivity contribution in [2.24, 2.45) is 0 Å². The smallest absolute Gasteiger partial charge is 0.340 e. The molecule has 2 aromatic heterocycles. The minimum Gasteiger partial charge on any atom is -0.465 e. The molecule has 0 saturated heterocycles. The Morgan fingerprint density at radius 2 is 1.88 bits per heavy atom. The lowest BCUT2D eigenvalue weighted by atomic mass is 10.1. The van der Waals surface area contributed by atoms with Gasteiger partial charge in [-0.15, -0.1) is 11.3 Å². The predicted octanol–water partition coefficient (Wildman–Crippen LogP) is 5.49. The van der Waals surface area contributed by atoms with E-state index in [9.17, 15) is 4.79 Å². The molecule has 0 spiro atoms. The quantitative estimate of drug-likeness (QED) is 0.272. The van der Waals surface area contributed by atoms with Gasteiger partial charge in [-0.05, 0) is 41.9 Å². The molecule has 0 aliphatic rings. The molecule has 0 aliphatic heterocycles. The van der Waals surface area contributed by atoms with Crippen LogP contribution in [0, 0.1) is 6.92 Å². The molecule has 0 bridgehead atoms. The van der Waals surface area contributed by atoms with Gasteiger partial charge in [0.25, 0.3) is 0 Å². The van der Waals surface area contributed by atoms with E-state index in [2.05, 4.69) is 46.9 Å². The SMILES string of the molecule is COC(=O)c1cc(Cc2ccccc2)sc1NC(=S)Nc1cnn(Cc2ccccc2C)c1. The summed E-state index contributed by atoms with van der Waals surface area (Å²) >= 11 is 6.98. The van der Waals surface area contributed by atoms with Crippen molar-refractivity contribution in [3.05, 3.63) is 100 Å². The van der Waals surface area contributed by atoms with Gasteiger partial charge in [0.1, 0.15) is 5.00 Å². The first kappa shape index (κ1) is 22.7. The highest BCUT2D eigenvalue weighted by Gasteiger charge is 2.18. The third kappa shape index (κ3) is 5.85. The summed E-state index contributed by atoms with van der Waals surface area (Å²) in [5.74, 6) is -0.401. The van der Waals surface area contributed by atoms with Crippen LogP contribution in [0.3, 0.4) is 0 Å². The second kappa shape index (κ2) is 10.4. The summed E-state index contributed by atoms with van der Waals surface area (Å²) in [5.41, 5.74) is 4.83. The zero-order valence-corrected chi connectivity index (χ0v) is 20.0. The average molecular weight is 477 g/mol. The van der Waals surface area contributed by atoms with E-state index in [4.69, 9.17) is 17.0 Å². The van der Waals surface area contributed by atoms with E-state index in [1.807, 2.05) is 47.3 Å². The van der Waals surface area contributed by atoms with Gasteiger partial charge in [0.05, 0.1) is 31.1 Å². The average Bonchev–Trinajstić information content (AvgIpc) is 3.42. The summed E-state index contributed by atoms with van der Waals surface area (Å²) in [6.45, 7) is 2.76. The monoisotopic (exact) mass is 476 g/mol. The van der Waals surface area contributed by atoms with Crippen molar-refractivity contribution >= 4 is 45.3 Å². The fraction of sp³-hybridized carbons (Fsp3) is 0.160. The van der Waals surface area contributed by atoms with Crippen molar-refractivity contribution < 1.29 is 9.53 Å². The van der Waals surface area contributed by atoms with Gasteiger partial charge in [0.2, 0.25) is 0 Å². The molecule has 0 amide bonds. The molecule has 4 aromatic rings. The van der Waals surface area contributed by atoms with E-state index < -0.39 is 5.97 Å². The van der Waals surface area contributed by atoms with Crippen LogP contribution in [0.1, 0.15) is 31.9 Å². The number of rotatable bonds is 7. The lowest BCUT2D eigenvalue weighted by molar-refractivity contribution is 0.0602. The number of carbonyl (C=O) groups excluding carboxylic acids is 1. The highest BCUT2D eigenvalue weighted by molar-refractivity contribution is 7.80. The Balaban J connectivity index is 1.44. The van der Waals surface area contributed by atoms with Gasteiger partial charge < -0.3 is 15.4 Å². The number of aryl methyl sites for hydroxylation is 1. The molecule has 0 saturated carbocycles. The first-order chi connectivity index (χ1) is 16.0. The zero-order valence-electron chi connectivity index (χ0n) is 18.4. The number of thiocarbonyl (C=S) groups is 1. The zero-order chi connectivity index (χ0) is 23.2. The summed E-state index contributed by atoms with van der Waals surface area (Å²) in [6, 6.07) is 20.2. The summed E-state index contributed by atoms with van der Waals surface area (Å²) in [6.07, 6.45) is 4.35. The van der Waals surface area contributed by atoms with Gasteiger partial charge in [0, 0.05) is 17.5 Å². The molecule has 0 aliphatic carbocycles. The maximum absolute atomic E-state index is 12.3. The van der Waals surface area contributed by atoms with Gasteiger partial charge >= 0.3 is 5.97 Å². The Labute approximate surface area is 202 Å². The number of thiophene rings is 1. The summed E-state index contributed by atoms with van der Waals surface area (Å²) in [5, 5.41) is 11.7. The fourth-order valence-corrected chi connectivity index (χ4v) is 4.79. The van der Waals surface area contributed by atoms with Crippen molar-refractivity contribution in [3.8, 4) is 0 Å². The molecule has 0 atom stereocenters. The number of aromatic nitrogens is 2. The Bertz CT molecular complexity index is 1260. The maximum Gasteiger partial charge on any atom is 0.340 e. The van der Waals surface area contributed by atoms with Crippen LogP contribution in [0.4, 0.5) is 10.7 Å². The van der Waals surface area contributed by atoms with E-state index in [1.165, 1.54) is 35.1 Å². The molecular weight excluding hydrogens is 452 g/mol. The second-order valence-electron chi connectivity index (χ2n) is 7.54. The minimum absolute atomic E-state index is 0.378. The fourth-order valence-electron chi connectivity index (χ4n) is 3.42. The molecule has 0 fully saturated rings. The van der Waals surface area contributed by atoms with Crippen LogP contribution in [0.15, 0.2) is 73.1 Å². The maximum atomic E-state index is 12.3. The molecule has 2 aromatic carbocycles. The van der Waals surface area contributed by atoms with Crippen LogP contribution in [0.2, 0.25) is 0 Å². The number of anilines is 2. The van der Waals surface area contributed by atoms with Crippen molar-refractivity contribution in [1.29, 1.82) is 0 Å². The number of hydrogen-bond acceptors (Lipinski definition) is 5. The van der Waals surface area contributed by atoms with Gasteiger partial charge in [-0.3, -0.25) is 4.68 Å². The van der Waals surface area contributed by atoms with Crippen LogP contribution < -0.4 is 10.6 Å². The lowest BCUT2D eigenvalue weighted by Crippen LogP contribution is -2.19. The first-order valence-electron chi connectivity index (χ1n) is 10.4. The molecule has 168 valence electrons. The number of methoxy groups -OCH3 is 1. The highest BCUT2D eigenvalue weighted by atomic mass is 32.1. The molecule has 33 heavy (non-hydrogen) atoms. The summed E-state index contributed by atoms with van der Waals surface area (Å²) < 4.78 is 6.82. The van der Waals surface area contributed by atoms with Crippen LogP contribution in [0.5, 0.6) is 0 Å². The molecule has 4 rings (SSSR count). The molecular formula is C25H24N4O2S2. The van der Waals surface area contributed by atoms with Crippen molar-refractivity contribution in [1.82, 2.24) is 9.78 Å². The van der Waals surface area contributed by atoms with Crippen LogP contribution >= 0.6 is 23.6 Å². The topological polar surface area (TPSA) is 68.2 Å². The van der Waals surface area contributed by atoms with Crippen molar-refractivity contribution in [2.75, 3.05) is 17.7 Å². The van der Waals surface area contributed by atoms with Gasteiger partial charge in [0.15, 0.2) is 5.11 Å². The Kier molecular flexibility index (Phi) is 7.16. The van der Waals surface area contributed by atoms with Crippen molar-refractivity contribution in [2.45, 2.75) is 19.9 Å². The first-order valence-corrected chi connectivity index (χ1v) is 11.6. The van der Waals surface area contributed by atoms with Gasteiger partial charge in [-0.1, -0.05) is 54.6 Å². The highest BCUT2D eigenvalue weighted by Crippen LogP contribution is 2.30. The second-order valence-corrected chi connectivity index (χ2v) is 9.09. The van der Waals surface area contributed by atoms with Crippen molar-refractivity contribution in [3.63, 3.8) is 0 Å². The number of benzene rings is 2. The standard InChI is InChI=1S/C25H24N4O2S2/c1-17-8-6-7-11-19(17)15-29-16-20(14-26-29)27-25(32)28-23-22(24(30)31-2)13-21(33-23)12-18-9-4-3-5-10-18/h3-11,13-14,16H,12,15H2,1-2H3,(H2,27,28,32). The Morgan fingerprint density at radius 3 is 2.64 bits per heavy atom.